The number of hydrogen-bond donors (Lipinski definition) is 2. The van der Waals surface area contributed by atoms with Gasteiger partial charge in [-0.05, 0) is 64.3 Å². The molecule has 0 bridgehead atoms. The van der Waals surface area contributed by atoms with Crippen molar-refractivity contribution >= 4 is 34.6 Å². The van der Waals surface area contributed by atoms with Gasteiger partial charge in [0.15, 0.2) is 6.29 Å². The third-order valence-electron chi connectivity index (χ3n) is 5.92. The first-order valence-corrected chi connectivity index (χ1v) is 11.9. The summed E-state index contributed by atoms with van der Waals surface area (Å²) in [5, 5.41) is 13.3. The highest BCUT2D eigenvalue weighted by Gasteiger charge is 2.28. The summed E-state index contributed by atoms with van der Waals surface area (Å²) in [6.07, 6.45) is 4.85. The molecule has 0 radical (unpaired) electrons. The largest absolute Gasteiger partial charge is 0.395 e. The van der Waals surface area contributed by atoms with E-state index in [4.69, 9.17) is 5.11 Å². The van der Waals surface area contributed by atoms with Crippen LogP contribution in [0, 0.1) is 0 Å². The van der Waals surface area contributed by atoms with Gasteiger partial charge in [0.1, 0.15) is 5.65 Å². The van der Waals surface area contributed by atoms with E-state index in [2.05, 4.69) is 37.2 Å². The van der Waals surface area contributed by atoms with Crippen molar-refractivity contribution in [2.75, 3.05) is 70.7 Å². The smallest absolute Gasteiger partial charge is 0.229 e. The predicted octanol–water partition coefficient (Wildman–Crippen LogP) is 2.61. The first-order chi connectivity index (χ1) is 16.5. The van der Waals surface area contributed by atoms with Crippen LogP contribution in [0.25, 0.3) is 11.0 Å². The SMILES string of the molecule is CN(C)C.O=Cc1cc2cnc(Nc3ccc(N4CCN(CCO)CC4)cc3)nc2n1C1CC1. The number of rotatable bonds is 7. The Morgan fingerprint density at radius 3 is 2.38 bits per heavy atom. The fourth-order valence-corrected chi connectivity index (χ4v) is 4.15. The highest BCUT2D eigenvalue weighted by Crippen LogP contribution is 2.38. The van der Waals surface area contributed by atoms with Gasteiger partial charge in [0.25, 0.3) is 0 Å². The van der Waals surface area contributed by atoms with Gasteiger partial charge in [-0.1, -0.05) is 0 Å². The molecule has 3 heterocycles. The molecule has 9 nitrogen and oxygen atoms in total. The lowest BCUT2D eigenvalue weighted by Crippen LogP contribution is -2.47. The molecule has 2 N–H and O–H groups in total. The van der Waals surface area contributed by atoms with Crippen LogP contribution in [0.2, 0.25) is 0 Å². The molecule has 182 valence electrons. The van der Waals surface area contributed by atoms with E-state index >= 15 is 0 Å². The van der Waals surface area contributed by atoms with Crippen LogP contribution in [0.15, 0.2) is 36.5 Å². The van der Waals surface area contributed by atoms with Crippen molar-refractivity contribution in [3.8, 4) is 0 Å². The van der Waals surface area contributed by atoms with Gasteiger partial charge >= 0.3 is 0 Å². The molecule has 2 aliphatic rings. The number of nitrogens with zero attached hydrogens (tertiary/aromatic N) is 6. The number of carbonyl (C=O) groups excluding carboxylic acids is 1. The van der Waals surface area contributed by atoms with Crippen LogP contribution < -0.4 is 10.2 Å². The number of piperazine rings is 1. The Hall–Kier alpha value is -3.01. The van der Waals surface area contributed by atoms with E-state index < -0.39 is 0 Å². The fourth-order valence-electron chi connectivity index (χ4n) is 4.15. The number of aliphatic hydroxyl groups is 1. The fraction of sp³-hybridized carbons (Fsp3) is 0.480. The first-order valence-electron chi connectivity index (χ1n) is 11.9. The summed E-state index contributed by atoms with van der Waals surface area (Å²) < 4.78 is 2.04. The summed E-state index contributed by atoms with van der Waals surface area (Å²) in [7, 11) is 6.00. The maximum Gasteiger partial charge on any atom is 0.229 e. The molecule has 1 aromatic carbocycles. The molecule has 0 spiro atoms. The molecular formula is C25H35N7O2. The molecule has 34 heavy (non-hydrogen) atoms. The Bertz CT molecular complexity index is 1080. The van der Waals surface area contributed by atoms with Gasteiger partial charge in [-0.25, -0.2) is 4.98 Å². The zero-order chi connectivity index (χ0) is 24.1. The number of nitrogens with one attached hydrogen (secondary N) is 1. The van der Waals surface area contributed by atoms with Gasteiger partial charge in [0, 0.05) is 61.7 Å². The van der Waals surface area contributed by atoms with E-state index in [-0.39, 0.29) is 6.61 Å². The van der Waals surface area contributed by atoms with E-state index in [0.29, 0.717) is 17.7 Å². The topological polar surface area (TPSA) is 89.8 Å². The molecule has 0 atom stereocenters. The van der Waals surface area contributed by atoms with Gasteiger partial charge in [-0.15, -0.1) is 0 Å². The third-order valence-corrected chi connectivity index (χ3v) is 5.92. The lowest BCUT2D eigenvalue weighted by Gasteiger charge is -2.35. The Kier molecular flexibility index (Phi) is 7.77. The highest BCUT2D eigenvalue weighted by atomic mass is 16.3. The molecule has 3 aromatic rings. The summed E-state index contributed by atoms with van der Waals surface area (Å²) in [6.45, 7) is 4.83. The maximum absolute atomic E-state index is 11.4. The molecule has 0 unspecified atom stereocenters. The van der Waals surface area contributed by atoms with Crippen molar-refractivity contribution in [3.05, 3.63) is 42.2 Å². The minimum Gasteiger partial charge on any atom is -0.395 e. The highest BCUT2D eigenvalue weighted by molar-refractivity contribution is 5.87. The molecule has 0 amide bonds. The quantitative estimate of drug-likeness (QED) is 0.515. The van der Waals surface area contributed by atoms with Crippen molar-refractivity contribution < 1.29 is 9.90 Å². The summed E-state index contributed by atoms with van der Waals surface area (Å²) in [5.74, 6) is 0.533. The Labute approximate surface area is 201 Å². The molecule has 1 aliphatic carbocycles. The summed E-state index contributed by atoms with van der Waals surface area (Å²) in [5.41, 5.74) is 3.60. The second-order valence-electron chi connectivity index (χ2n) is 9.33. The second-order valence-corrected chi connectivity index (χ2v) is 9.33. The van der Waals surface area contributed by atoms with Crippen molar-refractivity contribution in [2.24, 2.45) is 0 Å². The van der Waals surface area contributed by atoms with Crippen molar-refractivity contribution in [1.82, 2.24) is 24.3 Å². The number of aromatic nitrogens is 3. The minimum atomic E-state index is 0.218. The third kappa shape index (κ3) is 5.91. The summed E-state index contributed by atoms with van der Waals surface area (Å²) in [6, 6.07) is 10.5. The molecule has 2 aromatic heterocycles. The van der Waals surface area contributed by atoms with E-state index in [1.54, 1.807) is 6.20 Å². The number of aliphatic hydroxyl groups excluding tert-OH is 1. The van der Waals surface area contributed by atoms with Crippen LogP contribution in [-0.4, -0.2) is 96.2 Å². The first kappa shape index (κ1) is 24.1. The molecule has 2 fully saturated rings. The standard InChI is InChI=1S/C22H26N6O2.C3H9N/c29-12-11-26-7-9-27(10-8-26)18-3-1-17(2-4-18)24-22-23-14-16-13-20(15-30)28(19-5-6-19)21(16)25-22;1-4(2)3/h1-4,13-15,19,29H,5-12H2,(H,23,24,25);1-3H3. The van der Waals surface area contributed by atoms with Crippen molar-refractivity contribution in [3.63, 3.8) is 0 Å². The minimum absolute atomic E-state index is 0.218. The lowest BCUT2D eigenvalue weighted by molar-refractivity contribution is 0.111. The number of benzene rings is 1. The number of carbonyl (C=O) groups is 1. The predicted molar refractivity (Wildman–Crippen MR) is 136 cm³/mol. The van der Waals surface area contributed by atoms with Gasteiger partial charge in [-0.2, -0.15) is 4.98 Å². The molecule has 5 rings (SSSR count). The van der Waals surface area contributed by atoms with E-state index in [1.165, 1.54) is 5.69 Å². The van der Waals surface area contributed by atoms with E-state index in [9.17, 15) is 4.79 Å². The Balaban J connectivity index is 0.000000636. The van der Waals surface area contributed by atoms with Crippen LogP contribution in [-0.2, 0) is 0 Å². The van der Waals surface area contributed by atoms with Crippen LogP contribution >= 0.6 is 0 Å². The molecule has 1 aliphatic heterocycles. The average Bonchev–Trinajstić information content (AvgIpc) is 3.60. The second kappa shape index (κ2) is 10.9. The average molecular weight is 466 g/mol. The number of anilines is 3. The zero-order valence-corrected chi connectivity index (χ0v) is 20.3. The maximum atomic E-state index is 11.4. The lowest BCUT2D eigenvalue weighted by atomic mass is 10.2. The number of aldehydes is 1. The molecule has 9 heteroatoms. The van der Waals surface area contributed by atoms with Crippen molar-refractivity contribution in [1.29, 1.82) is 0 Å². The number of fused-ring (bicyclic) bond motifs is 1. The van der Waals surface area contributed by atoms with Crippen LogP contribution in [0.4, 0.5) is 17.3 Å². The Morgan fingerprint density at radius 2 is 1.79 bits per heavy atom. The normalized spacial score (nSPS) is 16.4. The molecule has 1 saturated carbocycles. The van der Waals surface area contributed by atoms with E-state index in [0.717, 1.165) is 68.6 Å². The van der Waals surface area contributed by atoms with E-state index in [1.807, 2.05) is 48.8 Å². The summed E-state index contributed by atoms with van der Waals surface area (Å²) >= 11 is 0. The molecule has 1 saturated heterocycles. The van der Waals surface area contributed by atoms with Gasteiger partial charge in [0.2, 0.25) is 5.95 Å². The Morgan fingerprint density at radius 1 is 1.12 bits per heavy atom. The number of β-amino-alcohol motifs (C(OH)–C–C–N with tert-alkyl or cyclic N) is 1. The van der Waals surface area contributed by atoms with Gasteiger partial charge in [0.05, 0.1) is 12.3 Å². The number of hydrogen-bond acceptors (Lipinski definition) is 8. The van der Waals surface area contributed by atoms with Crippen molar-refractivity contribution in [2.45, 2.75) is 18.9 Å². The van der Waals surface area contributed by atoms with Gasteiger partial charge < -0.3 is 24.8 Å². The summed E-state index contributed by atoms with van der Waals surface area (Å²) in [4.78, 5) is 27.2. The van der Waals surface area contributed by atoms with Crippen LogP contribution in [0.5, 0.6) is 0 Å². The molecular weight excluding hydrogens is 430 g/mol. The monoisotopic (exact) mass is 465 g/mol. The zero-order valence-electron chi connectivity index (χ0n) is 20.3. The van der Waals surface area contributed by atoms with Crippen LogP contribution in [0.3, 0.4) is 0 Å². The van der Waals surface area contributed by atoms with Crippen LogP contribution in [0.1, 0.15) is 29.4 Å². The van der Waals surface area contributed by atoms with Gasteiger partial charge in [-0.3, -0.25) is 9.69 Å².